The van der Waals surface area contributed by atoms with Gasteiger partial charge in [-0.05, 0) is 55.3 Å². The fraction of sp³-hybridized carbons (Fsp3) is 0.250. The van der Waals surface area contributed by atoms with Crippen molar-refractivity contribution in [2.24, 2.45) is 0 Å². The van der Waals surface area contributed by atoms with Gasteiger partial charge in [0.2, 0.25) is 0 Å². The molecular formula is C16H18ClN. The predicted molar refractivity (Wildman–Crippen MR) is 78.3 cm³/mol. The number of benzene rings is 2. The maximum absolute atomic E-state index is 5.93. The van der Waals surface area contributed by atoms with Crippen molar-refractivity contribution in [2.75, 3.05) is 7.05 Å². The molecule has 0 saturated heterocycles. The topological polar surface area (TPSA) is 12.0 Å². The van der Waals surface area contributed by atoms with Crippen LogP contribution in [-0.2, 0) is 0 Å². The van der Waals surface area contributed by atoms with Crippen LogP contribution < -0.4 is 5.32 Å². The van der Waals surface area contributed by atoms with Crippen LogP contribution in [0.1, 0.15) is 28.3 Å². The van der Waals surface area contributed by atoms with Crippen LogP contribution in [0, 0.1) is 13.8 Å². The minimum Gasteiger partial charge on any atom is -0.309 e. The van der Waals surface area contributed by atoms with Crippen LogP contribution in [0.15, 0.2) is 42.5 Å². The van der Waals surface area contributed by atoms with E-state index in [1.54, 1.807) is 0 Å². The maximum atomic E-state index is 5.93. The summed E-state index contributed by atoms with van der Waals surface area (Å²) in [7, 11) is 1.98. The number of rotatable bonds is 3. The zero-order valence-corrected chi connectivity index (χ0v) is 11.8. The van der Waals surface area contributed by atoms with Crippen LogP contribution in [0.2, 0.25) is 5.02 Å². The fourth-order valence-electron chi connectivity index (χ4n) is 2.13. The molecule has 0 aliphatic rings. The zero-order valence-electron chi connectivity index (χ0n) is 11.0. The highest BCUT2D eigenvalue weighted by Gasteiger charge is 2.12. The monoisotopic (exact) mass is 259 g/mol. The Morgan fingerprint density at radius 1 is 0.889 bits per heavy atom. The van der Waals surface area contributed by atoms with Gasteiger partial charge in [-0.15, -0.1) is 0 Å². The first kappa shape index (κ1) is 13.1. The largest absolute Gasteiger partial charge is 0.309 e. The van der Waals surface area contributed by atoms with Gasteiger partial charge in [0.05, 0.1) is 6.04 Å². The van der Waals surface area contributed by atoms with E-state index in [2.05, 4.69) is 49.5 Å². The average Bonchev–Trinajstić information content (AvgIpc) is 2.37. The molecule has 0 radical (unpaired) electrons. The molecule has 0 aromatic heterocycles. The minimum atomic E-state index is 0.210. The lowest BCUT2D eigenvalue weighted by Gasteiger charge is -2.18. The third-order valence-corrected chi connectivity index (χ3v) is 3.61. The van der Waals surface area contributed by atoms with Gasteiger partial charge in [0.15, 0.2) is 0 Å². The molecule has 94 valence electrons. The molecule has 0 aliphatic heterocycles. The summed E-state index contributed by atoms with van der Waals surface area (Å²) in [6.45, 7) is 4.28. The van der Waals surface area contributed by atoms with E-state index in [0.717, 1.165) is 5.02 Å². The Bertz CT molecular complexity index is 531. The smallest absolute Gasteiger partial charge is 0.0574 e. The molecule has 0 saturated carbocycles. The molecule has 1 unspecified atom stereocenters. The van der Waals surface area contributed by atoms with Crippen molar-refractivity contribution in [2.45, 2.75) is 19.9 Å². The van der Waals surface area contributed by atoms with E-state index in [0.29, 0.717) is 0 Å². The second-order valence-corrected chi connectivity index (χ2v) is 5.05. The standard InChI is InChI=1S/C16H18ClN/c1-11-4-5-14(10-12(11)2)16(18-3)13-6-8-15(17)9-7-13/h4-10,16,18H,1-3H3. The Balaban J connectivity index is 2.38. The van der Waals surface area contributed by atoms with Crippen molar-refractivity contribution in [1.82, 2.24) is 5.32 Å². The van der Waals surface area contributed by atoms with Gasteiger partial charge in [0, 0.05) is 5.02 Å². The molecule has 0 fully saturated rings. The first-order chi connectivity index (χ1) is 8.61. The van der Waals surface area contributed by atoms with Crippen molar-refractivity contribution < 1.29 is 0 Å². The van der Waals surface area contributed by atoms with E-state index in [4.69, 9.17) is 11.6 Å². The van der Waals surface area contributed by atoms with Gasteiger partial charge >= 0.3 is 0 Å². The molecule has 0 heterocycles. The van der Waals surface area contributed by atoms with E-state index < -0.39 is 0 Å². The number of hydrogen-bond donors (Lipinski definition) is 1. The Hall–Kier alpha value is -1.31. The van der Waals surface area contributed by atoms with Crippen molar-refractivity contribution in [3.05, 3.63) is 69.7 Å². The second kappa shape index (κ2) is 5.55. The number of halogens is 1. The van der Waals surface area contributed by atoms with Gasteiger partial charge < -0.3 is 5.32 Å². The van der Waals surface area contributed by atoms with Gasteiger partial charge in [-0.25, -0.2) is 0 Å². The second-order valence-electron chi connectivity index (χ2n) is 4.62. The quantitative estimate of drug-likeness (QED) is 0.868. The molecule has 0 aliphatic carbocycles. The molecule has 0 amide bonds. The van der Waals surface area contributed by atoms with Crippen LogP contribution in [0.3, 0.4) is 0 Å². The van der Waals surface area contributed by atoms with Crippen LogP contribution in [-0.4, -0.2) is 7.05 Å². The van der Waals surface area contributed by atoms with Crippen molar-refractivity contribution >= 4 is 11.6 Å². The van der Waals surface area contributed by atoms with Crippen LogP contribution in [0.4, 0.5) is 0 Å². The van der Waals surface area contributed by atoms with Crippen molar-refractivity contribution in [1.29, 1.82) is 0 Å². The third-order valence-electron chi connectivity index (χ3n) is 3.36. The summed E-state index contributed by atoms with van der Waals surface area (Å²) in [6.07, 6.45) is 0. The SMILES string of the molecule is CNC(c1ccc(Cl)cc1)c1ccc(C)c(C)c1. The predicted octanol–water partition coefficient (Wildman–Crippen LogP) is 4.27. The number of hydrogen-bond acceptors (Lipinski definition) is 1. The van der Waals surface area contributed by atoms with Crippen molar-refractivity contribution in [3.63, 3.8) is 0 Å². The van der Waals surface area contributed by atoms with Gasteiger partial charge in [-0.1, -0.05) is 41.9 Å². The van der Waals surface area contributed by atoms with E-state index in [1.165, 1.54) is 22.3 Å². The highest BCUT2D eigenvalue weighted by atomic mass is 35.5. The highest BCUT2D eigenvalue weighted by molar-refractivity contribution is 6.30. The Labute approximate surface area is 114 Å². The first-order valence-electron chi connectivity index (χ1n) is 6.11. The molecule has 1 atom stereocenters. The van der Waals surface area contributed by atoms with Gasteiger partial charge in [0.1, 0.15) is 0 Å². The number of aryl methyl sites for hydroxylation is 2. The maximum Gasteiger partial charge on any atom is 0.0574 e. The van der Waals surface area contributed by atoms with Crippen LogP contribution in [0.25, 0.3) is 0 Å². The molecule has 1 N–H and O–H groups in total. The van der Waals surface area contributed by atoms with E-state index in [9.17, 15) is 0 Å². The zero-order chi connectivity index (χ0) is 13.1. The summed E-state index contributed by atoms with van der Waals surface area (Å²) in [5, 5.41) is 4.13. The lowest BCUT2D eigenvalue weighted by atomic mass is 9.96. The van der Waals surface area contributed by atoms with Gasteiger partial charge in [-0.3, -0.25) is 0 Å². The molecule has 0 bridgehead atoms. The minimum absolute atomic E-state index is 0.210. The number of nitrogens with one attached hydrogen (secondary N) is 1. The summed E-state index contributed by atoms with van der Waals surface area (Å²) in [5.74, 6) is 0. The normalized spacial score (nSPS) is 12.4. The Kier molecular flexibility index (Phi) is 4.05. The third kappa shape index (κ3) is 2.74. The molecule has 2 heteroatoms. The molecule has 18 heavy (non-hydrogen) atoms. The summed E-state index contributed by atoms with van der Waals surface area (Å²) < 4.78 is 0. The molecular weight excluding hydrogens is 242 g/mol. The summed E-state index contributed by atoms with van der Waals surface area (Å²) in [4.78, 5) is 0. The summed E-state index contributed by atoms with van der Waals surface area (Å²) in [5.41, 5.74) is 5.15. The lowest BCUT2D eigenvalue weighted by Crippen LogP contribution is -2.17. The average molecular weight is 260 g/mol. The Morgan fingerprint density at radius 3 is 2.06 bits per heavy atom. The van der Waals surface area contributed by atoms with E-state index >= 15 is 0 Å². The van der Waals surface area contributed by atoms with Crippen LogP contribution in [0.5, 0.6) is 0 Å². The Morgan fingerprint density at radius 2 is 1.50 bits per heavy atom. The van der Waals surface area contributed by atoms with Gasteiger partial charge in [-0.2, -0.15) is 0 Å². The highest BCUT2D eigenvalue weighted by Crippen LogP contribution is 2.24. The molecule has 2 rings (SSSR count). The first-order valence-corrected chi connectivity index (χ1v) is 6.49. The fourth-order valence-corrected chi connectivity index (χ4v) is 2.25. The summed E-state index contributed by atoms with van der Waals surface area (Å²) >= 11 is 5.93. The summed E-state index contributed by atoms with van der Waals surface area (Å²) in [6, 6.07) is 14.8. The lowest BCUT2D eigenvalue weighted by molar-refractivity contribution is 0.691. The molecule has 2 aromatic carbocycles. The van der Waals surface area contributed by atoms with E-state index in [-0.39, 0.29) is 6.04 Å². The van der Waals surface area contributed by atoms with Gasteiger partial charge in [0.25, 0.3) is 0 Å². The molecule has 0 spiro atoms. The van der Waals surface area contributed by atoms with Crippen LogP contribution >= 0.6 is 11.6 Å². The van der Waals surface area contributed by atoms with E-state index in [1.807, 2.05) is 19.2 Å². The molecule has 2 aromatic rings. The van der Waals surface area contributed by atoms with Crippen molar-refractivity contribution in [3.8, 4) is 0 Å². The molecule has 1 nitrogen and oxygen atoms in total.